The van der Waals surface area contributed by atoms with Crippen molar-refractivity contribution in [3.63, 3.8) is 0 Å². The standard InChI is InChI=1S/C22H19N3O6S/c1-32(28,29)24-16-7-4-6-15(12-16)22(27)31-14-20-23-19-10-3-2-9-18(19)21(26)25(20)13-17-8-5-11-30-17/h2-12,24H,13-14H2,1H3. The summed E-state index contributed by atoms with van der Waals surface area (Å²) in [5.41, 5.74) is 0.593. The minimum Gasteiger partial charge on any atom is -0.467 e. The minimum absolute atomic E-state index is 0.129. The average molecular weight is 453 g/mol. The van der Waals surface area contributed by atoms with Crippen LogP contribution in [-0.2, 0) is 27.9 Å². The van der Waals surface area contributed by atoms with E-state index in [9.17, 15) is 18.0 Å². The van der Waals surface area contributed by atoms with Gasteiger partial charge in [-0.25, -0.2) is 18.2 Å². The van der Waals surface area contributed by atoms with Gasteiger partial charge in [-0.05, 0) is 42.5 Å². The van der Waals surface area contributed by atoms with E-state index in [1.807, 2.05) is 0 Å². The number of nitrogens with zero attached hydrogens (tertiary/aromatic N) is 2. The number of para-hydroxylation sites is 1. The van der Waals surface area contributed by atoms with Gasteiger partial charge in [-0.15, -0.1) is 0 Å². The SMILES string of the molecule is CS(=O)(=O)Nc1cccc(C(=O)OCc2nc3ccccc3c(=O)n2Cc2ccco2)c1. The Balaban J connectivity index is 1.62. The second kappa shape index (κ2) is 8.67. The predicted molar refractivity (Wildman–Crippen MR) is 118 cm³/mol. The Hall–Kier alpha value is -3.92. The number of anilines is 1. The molecular formula is C22H19N3O6S. The van der Waals surface area contributed by atoms with Gasteiger partial charge in [0.15, 0.2) is 5.82 Å². The summed E-state index contributed by atoms with van der Waals surface area (Å²) >= 11 is 0. The summed E-state index contributed by atoms with van der Waals surface area (Å²) in [6.45, 7) is -0.131. The zero-order valence-corrected chi connectivity index (χ0v) is 17.8. The first-order valence-electron chi connectivity index (χ1n) is 9.56. The molecule has 9 nitrogen and oxygen atoms in total. The average Bonchev–Trinajstić information content (AvgIpc) is 3.26. The number of ether oxygens (including phenoxy) is 1. The third kappa shape index (κ3) is 4.86. The van der Waals surface area contributed by atoms with Crippen molar-refractivity contribution in [2.24, 2.45) is 0 Å². The Kier molecular flexibility index (Phi) is 5.78. The molecular weight excluding hydrogens is 434 g/mol. The van der Waals surface area contributed by atoms with Crippen molar-refractivity contribution in [3.05, 3.63) is 94.4 Å². The number of rotatable bonds is 7. The summed E-state index contributed by atoms with van der Waals surface area (Å²) in [6.07, 6.45) is 2.52. The molecule has 4 aromatic rings. The van der Waals surface area contributed by atoms with Gasteiger partial charge in [0.2, 0.25) is 10.0 Å². The molecule has 0 fully saturated rings. The molecule has 10 heteroatoms. The summed E-state index contributed by atoms with van der Waals surface area (Å²) in [5, 5.41) is 0.439. The maximum absolute atomic E-state index is 13.0. The maximum atomic E-state index is 13.0. The highest BCUT2D eigenvalue weighted by atomic mass is 32.2. The number of sulfonamides is 1. The molecule has 32 heavy (non-hydrogen) atoms. The summed E-state index contributed by atoms with van der Waals surface area (Å²) in [5.74, 6) is 0.120. The van der Waals surface area contributed by atoms with E-state index in [1.54, 1.807) is 36.4 Å². The van der Waals surface area contributed by atoms with Gasteiger partial charge >= 0.3 is 5.97 Å². The topological polar surface area (TPSA) is 121 Å². The van der Waals surface area contributed by atoms with Crippen molar-refractivity contribution in [1.29, 1.82) is 0 Å². The molecule has 0 aliphatic rings. The van der Waals surface area contributed by atoms with Crippen LogP contribution in [0.15, 0.2) is 76.1 Å². The first kappa shape index (κ1) is 21.3. The fraction of sp³-hybridized carbons (Fsp3) is 0.136. The van der Waals surface area contributed by atoms with Gasteiger partial charge < -0.3 is 9.15 Å². The van der Waals surface area contributed by atoms with E-state index in [2.05, 4.69) is 9.71 Å². The molecule has 0 saturated carbocycles. The number of esters is 1. The molecule has 2 aromatic carbocycles. The molecule has 0 radical (unpaired) electrons. The number of nitrogens with one attached hydrogen (secondary N) is 1. The number of hydrogen-bond acceptors (Lipinski definition) is 7. The molecule has 0 unspecified atom stereocenters. The lowest BCUT2D eigenvalue weighted by molar-refractivity contribution is 0.0457. The van der Waals surface area contributed by atoms with Gasteiger partial charge in [-0.1, -0.05) is 18.2 Å². The van der Waals surface area contributed by atoms with E-state index in [4.69, 9.17) is 9.15 Å². The molecule has 4 rings (SSSR count). The Labute approximate surface area is 183 Å². The number of aromatic nitrogens is 2. The van der Waals surface area contributed by atoms with Crippen LogP contribution in [-0.4, -0.2) is 30.2 Å². The summed E-state index contributed by atoms with van der Waals surface area (Å²) in [7, 11) is -3.49. The van der Waals surface area contributed by atoms with E-state index in [0.717, 1.165) is 6.26 Å². The first-order valence-corrected chi connectivity index (χ1v) is 11.4. The van der Waals surface area contributed by atoms with Crippen LogP contribution in [0.5, 0.6) is 0 Å². The molecule has 2 aromatic heterocycles. The number of carbonyl (C=O) groups excluding carboxylic acids is 1. The number of furan rings is 1. The van der Waals surface area contributed by atoms with Gasteiger partial charge in [0, 0.05) is 5.69 Å². The second-order valence-corrected chi connectivity index (χ2v) is 8.80. The Morgan fingerprint density at radius 2 is 1.94 bits per heavy atom. The Morgan fingerprint density at radius 1 is 1.12 bits per heavy atom. The highest BCUT2D eigenvalue weighted by Crippen LogP contribution is 2.15. The molecule has 0 spiro atoms. The monoisotopic (exact) mass is 453 g/mol. The lowest BCUT2D eigenvalue weighted by Gasteiger charge is -2.13. The molecule has 0 saturated heterocycles. The van der Waals surface area contributed by atoms with Crippen molar-refractivity contribution in [2.45, 2.75) is 13.2 Å². The van der Waals surface area contributed by atoms with E-state index in [-0.39, 0.29) is 35.8 Å². The van der Waals surface area contributed by atoms with Gasteiger partial charge in [0.05, 0.1) is 35.5 Å². The minimum atomic E-state index is -3.49. The van der Waals surface area contributed by atoms with E-state index < -0.39 is 16.0 Å². The maximum Gasteiger partial charge on any atom is 0.338 e. The molecule has 1 N–H and O–H groups in total. The van der Waals surface area contributed by atoms with E-state index >= 15 is 0 Å². The van der Waals surface area contributed by atoms with Gasteiger partial charge in [-0.3, -0.25) is 14.1 Å². The third-order valence-corrected chi connectivity index (χ3v) is 5.18. The highest BCUT2D eigenvalue weighted by Gasteiger charge is 2.16. The third-order valence-electron chi connectivity index (χ3n) is 4.57. The van der Waals surface area contributed by atoms with Crippen molar-refractivity contribution in [2.75, 3.05) is 11.0 Å². The smallest absolute Gasteiger partial charge is 0.338 e. The second-order valence-electron chi connectivity index (χ2n) is 7.05. The van der Waals surface area contributed by atoms with E-state index in [0.29, 0.717) is 16.7 Å². The van der Waals surface area contributed by atoms with Gasteiger partial charge in [0.1, 0.15) is 12.4 Å². The van der Waals surface area contributed by atoms with Crippen molar-refractivity contribution in [3.8, 4) is 0 Å². The molecule has 0 amide bonds. The predicted octanol–water partition coefficient (Wildman–Crippen LogP) is 2.77. The summed E-state index contributed by atoms with van der Waals surface area (Å²) in [4.78, 5) is 30.1. The number of fused-ring (bicyclic) bond motifs is 1. The number of hydrogen-bond donors (Lipinski definition) is 1. The van der Waals surface area contributed by atoms with Crippen LogP contribution in [0.2, 0.25) is 0 Å². The van der Waals surface area contributed by atoms with Crippen LogP contribution in [0.4, 0.5) is 5.69 Å². The zero-order valence-electron chi connectivity index (χ0n) is 17.0. The zero-order chi connectivity index (χ0) is 22.7. The van der Waals surface area contributed by atoms with Crippen molar-refractivity contribution >= 4 is 32.6 Å². The largest absolute Gasteiger partial charge is 0.467 e. The normalized spacial score (nSPS) is 11.4. The van der Waals surface area contributed by atoms with E-state index in [1.165, 1.54) is 35.1 Å². The molecule has 0 atom stereocenters. The fourth-order valence-corrected chi connectivity index (χ4v) is 3.74. The van der Waals surface area contributed by atoms with Gasteiger partial charge in [-0.2, -0.15) is 0 Å². The quantitative estimate of drug-likeness (QED) is 0.427. The summed E-state index contributed by atoms with van der Waals surface area (Å²) < 4.78 is 37.3. The van der Waals surface area contributed by atoms with Crippen LogP contribution >= 0.6 is 0 Å². The summed E-state index contributed by atoms with van der Waals surface area (Å²) in [6, 6.07) is 16.3. The van der Waals surface area contributed by atoms with Crippen molar-refractivity contribution in [1.82, 2.24) is 9.55 Å². The molecule has 0 aliphatic heterocycles. The lowest BCUT2D eigenvalue weighted by atomic mass is 10.2. The lowest BCUT2D eigenvalue weighted by Crippen LogP contribution is -2.26. The Bertz CT molecular complexity index is 1440. The van der Waals surface area contributed by atoms with Crippen LogP contribution < -0.4 is 10.3 Å². The van der Waals surface area contributed by atoms with Crippen LogP contribution in [0, 0.1) is 0 Å². The molecule has 0 bridgehead atoms. The van der Waals surface area contributed by atoms with Crippen LogP contribution in [0.25, 0.3) is 10.9 Å². The molecule has 2 heterocycles. The van der Waals surface area contributed by atoms with Crippen LogP contribution in [0.1, 0.15) is 21.9 Å². The van der Waals surface area contributed by atoms with Gasteiger partial charge in [0.25, 0.3) is 5.56 Å². The fourth-order valence-electron chi connectivity index (χ4n) is 3.18. The highest BCUT2D eigenvalue weighted by molar-refractivity contribution is 7.92. The molecule has 164 valence electrons. The number of benzene rings is 2. The number of carbonyl (C=O) groups is 1. The van der Waals surface area contributed by atoms with Crippen molar-refractivity contribution < 1.29 is 22.4 Å². The Morgan fingerprint density at radius 3 is 2.69 bits per heavy atom. The van der Waals surface area contributed by atoms with Crippen LogP contribution in [0.3, 0.4) is 0 Å². The molecule has 0 aliphatic carbocycles. The first-order chi connectivity index (χ1) is 15.3.